The third-order valence-electron chi connectivity index (χ3n) is 5.79. The Morgan fingerprint density at radius 2 is 1.97 bits per heavy atom. The molecule has 1 atom stereocenters. The number of aromatic amines is 1. The van der Waals surface area contributed by atoms with Crippen molar-refractivity contribution in [3.05, 3.63) is 46.1 Å². The highest BCUT2D eigenvalue weighted by Crippen LogP contribution is 2.18. The number of hydrogen-bond acceptors (Lipinski definition) is 7. The van der Waals surface area contributed by atoms with Gasteiger partial charge in [0, 0.05) is 32.4 Å². The number of ether oxygens (including phenoxy) is 1. The molecule has 1 fully saturated rings. The molecule has 0 aliphatic carbocycles. The van der Waals surface area contributed by atoms with Gasteiger partial charge in [-0.15, -0.1) is 0 Å². The summed E-state index contributed by atoms with van der Waals surface area (Å²) in [6, 6.07) is 3.99. The topological polar surface area (TPSA) is 109 Å². The van der Waals surface area contributed by atoms with Crippen LogP contribution >= 0.6 is 0 Å². The molecule has 1 N–H and O–H groups in total. The highest BCUT2D eigenvalue weighted by molar-refractivity contribution is 5.79. The number of piperazine rings is 1. The number of carbonyl (C=O) groups is 1. The number of H-pyrrole nitrogens is 1. The second-order valence-corrected chi connectivity index (χ2v) is 8.22. The predicted molar refractivity (Wildman–Crippen MR) is 121 cm³/mol. The van der Waals surface area contributed by atoms with Gasteiger partial charge in [0.15, 0.2) is 0 Å². The molecule has 10 nitrogen and oxygen atoms in total. The number of rotatable bonds is 7. The van der Waals surface area contributed by atoms with E-state index < -0.39 is 0 Å². The van der Waals surface area contributed by atoms with Crippen molar-refractivity contribution in [1.29, 1.82) is 0 Å². The maximum Gasteiger partial charge on any atom is 0.275 e. The molecule has 3 aromatic rings. The lowest BCUT2D eigenvalue weighted by atomic mass is 10.2. The molecular weight excluding hydrogens is 410 g/mol. The highest BCUT2D eigenvalue weighted by atomic mass is 16.5. The minimum Gasteiger partial charge on any atom is -0.379 e. The summed E-state index contributed by atoms with van der Waals surface area (Å²) in [4.78, 5) is 33.1. The Bertz CT molecular complexity index is 1130. The Hall–Kier alpha value is -3.27. The average molecular weight is 440 g/mol. The largest absolute Gasteiger partial charge is 0.379 e. The van der Waals surface area contributed by atoms with E-state index in [0.717, 1.165) is 24.5 Å². The van der Waals surface area contributed by atoms with Gasteiger partial charge in [-0.1, -0.05) is 6.07 Å². The van der Waals surface area contributed by atoms with Gasteiger partial charge in [0.1, 0.15) is 5.82 Å². The second-order valence-electron chi connectivity index (χ2n) is 8.22. The number of pyridine rings is 1. The average Bonchev–Trinajstić information content (AvgIpc) is 3.15. The number of aryl methyl sites for hydroxylation is 2. The summed E-state index contributed by atoms with van der Waals surface area (Å²) in [6.07, 6.45) is 3.81. The van der Waals surface area contributed by atoms with Crippen LogP contribution in [0.15, 0.2) is 29.3 Å². The van der Waals surface area contributed by atoms with Crippen LogP contribution in [-0.2, 0) is 9.53 Å². The van der Waals surface area contributed by atoms with Gasteiger partial charge in [-0.3, -0.25) is 14.3 Å². The van der Waals surface area contributed by atoms with Crippen LogP contribution in [0.2, 0.25) is 0 Å². The molecular formula is C22H29N7O3. The van der Waals surface area contributed by atoms with E-state index in [4.69, 9.17) is 4.74 Å². The van der Waals surface area contributed by atoms with E-state index in [1.54, 1.807) is 17.8 Å². The van der Waals surface area contributed by atoms with Gasteiger partial charge >= 0.3 is 0 Å². The molecule has 10 heteroatoms. The highest BCUT2D eigenvalue weighted by Gasteiger charge is 2.22. The maximum atomic E-state index is 12.6. The number of carbonyl (C=O) groups excluding carboxylic acids is 1. The van der Waals surface area contributed by atoms with E-state index in [0.29, 0.717) is 49.3 Å². The van der Waals surface area contributed by atoms with E-state index in [9.17, 15) is 9.59 Å². The van der Waals surface area contributed by atoms with Crippen LogP contribution in [0.4, 0.5) is 5.82 Å². The number of nitrogens with zero attached hydrogens (tertiary/aromatic N) is 6. The monoisotopic (exact) mass is 439 g/mol. The standard InChI is InChI=1S/C22H29N7O3/c1-15-4-5-19(23-12-15)27-7-9-28(10-8-27)20(30)6-11-32-14-16(2)29-18-13-24-25-22(31)21(18)17(3)26-29/h4-5,12-13,16H,6-11,14H2,1-3H3,(H,25,31). The molecule has 170 valence electrons. The molecule has 1 unspecified atom stereocenters. The third-order valence-corrected chi connectivity index (χ3v) is 5.79. The number of aromatic nitrogens is 5. The fourth-order valence-corrected chi connectivity index (χ4v) is 3.99. The number of anilines is 1. The zero-order valence-corrected chi connectivity index (χ0v) is 18.7. The normalized spacial score (nSPS) is 15.3. The van der Waals surface area contributed by atoms with Gasteiger partial charge in [-0.25, -0.2) is 10.1 Å². The van der Waals surface area contributed by atoms with Crippen LogP contribution in [0.5, 0.6) is 0 Å². The second kappa shape index (κ2) is 9.47. The van der Waals surface area contributed by atoms with Gasteiger partial charge in [0.05, 0.1) is 48.5 Å². The number of amides is 1. The molecule has 0 radical (unpaired) electrons. The Kier molecular flexibility index (Phi) is 6.50. The Balaban J connectivity index is 1.22. The first-order chi connectivity index (χ1) is 15.4. The van der Waals surface area contributed by atoms with Crippen LogP contribution in [-0.4, -0.2) is 75.2 Å². The van der Waals surface area contributed by atoms with Crippen molar-refractivity contribution in [3.63, 3.8) is 0 Å². The lowest BCUT2D eigenvalue weighted by Gasteiger charge is -2.35. The first kappa shape index (κ1) is 21.9. The van der Waals surface area contributed by atoms with Crippen LogP contribution in [0, 0.1) is 13.8 Å². The van der Waals surface area contributed by atoms with Crippen molar-refractivity contribution in [3.8, 4) is 0 Å². The molecule has 4 rings (SSSR count). The van der Waals surface area contributed by atoms with E-state index in [1.807, 2.05) is 31.0 Å². The summed E-state index contributed by atoms with van der Waals surface area (Å²) in [5.74, 6) is 1.06. The zero-order chi connectivity index (χ0) is 22.7. The van der Waals surface area contributed by atoms with Crippen molar-refractivity contribution in [2.24, 2.45) is 0 Å². The fraction of sp³-hybridized carbons (Fsp3) is 0.500. The summed E-state index contributed by atoms with van der Waals surface area (Å²) in [7, 11) is 0. The third kappa shape index (κ3) is 4.64. The molecule has 4 heterocycles. The van der Waals surface area contributed by atoms with E-state index in [-0.39, 0.29) is 17.5 Å². The summed E-state index contributed by atoms with van der Waals surface area (Å²) < 4.78 is 7.52. The Morgan fingerprint density at radius 1 is 1.19 bits per heavy atom. The number of hydrogen-bond donors (Lipinski definition) is 1. The van der Waals surface area contributed by atoms with E-state index in [2.05, 4.69) is 31.2 Å². The predicted octanol–water partition coefficient (Wildman–Crippen LogP) is 1.45. The van der Waals surface area contributed by atoms with Crippen LogP contribution in [0.3, 0.4) is 0 Å². The summed E-state index contributed by atoms with van der Waals surface area (Å²) >= 11 is 0. The summed E-state index contributed by atoms with van der Waals surface area (Å²) in [5, 5.41) is 11.3. The minimum absolute atomic E-state index is 0.0875. The molecule has 1 saturated heterocycles. The van der Waals surface area contributed by atoms with Gasteiger partial charge in [0.2, 0.25) is 5.91 Å². The maximum absolute atomic E-state index is 12.6. The SMILES string of the molecule is Cc1ccc(N2CCN(C(=O)CCOCC(C)n3nc(C)c4c(=O)[nH]ncc43)CC2)nc1. The Morgan fingerprint density at radius 3 is 2.69 bits per heavy atom. The van der Waals surface area contributed by atoms with Gasteiger partial charge < -0.3 is 14.5 Å². The number of fused-ring (bicyclic) bond motifs is 1. The van der Waals surface area contributed by atoms with Crippen molar-refractivity contribution in [2.45, 2.75) is 33.2 Å². The molecule has 32 heavy (non-hydrogen) atoms. The zero-order valence-electron chi connectivity index (χ0n) is 18.7. The molecule has 3 aromatic heterocycles. The minimum atomic E-state index is -0.247. The summed E-state index contributed by atoms with van der Waals surface area (Å²) in [6.45, 7) is 9.45. The summed E-state index contributed by atoms with van der Waals surface area (Å²) in [5.41, 5.74) is 2.23. The van der Waals surface area contributed by atoms with Crippen LogP contribution in [0.1, 0.15) is 30.6 Å². The van der Waals surface area contributed by atoms with Crippen LogP contribution in [0.25, 0.3) is 10.9 Å². The first-order valence-corrected chi connectivity index (χ1v) is 10.9. The van der Waals surface area contributed by atoms with Gasteiger partial charge in [-0.2, -0.15) is 10.2 Å². The first-order valence-electron chi connectivity index (χ1n) is 10.9. The lowest BCUT2D eigenvalue weighted by molar-refractivity contribution is -0.132. The number of nitrogens with one attached hydrogen (secondary N) is 1. The molecule has 1 aliphatic rings. The van der Waals surface area contributed by atoms with Crippen molar-refractivity contribution in [1.82, 2.24) is 29.9 Å². The van der Waals surface area contributed by atoms with Crippen molar-refractivity contribution >= 4 is 22.6 Å². The molecule has 0 bridgehead atoms. The van der Waals surface area contributed by atoms with Gasteiger partial charge in [-0.05, 0) is 32.4 Å². The smallest absolute Gasteiger partial charge is 0.275 e. The molecule has 0 spiro atoms. The van der Waals surface area contributed by atoms with Crippen molar-refractivity contribution in [2.75, 3.05) is 44.3 Å². The van der Waals surface area contributed by atoms with Gasteiger partial charge in [0.25, 0.3) is 5.56 Å². The fourth-order valence-electron chi connectivity index (χ4n) is 3.99. The molecule has 1 aliphatic heterocycles. The molecule has 0 aromatic carbocycles. The van der Waals surface area contributed by atoms with Crippen LogP contribution < -0.4 is 10.5 Å². The van der Waals surface area contributed by atoms with E-state index >= 15 is 0 Å². The van der Waals surface area contributed by atoms with E-state index in [1.165, 1.54) is 0 Å². The Labute approximate surface area is 186 Å². The lowest BCUT2D eigenvalue weighted by Crippen LogP contribution is -2.49. The molecule has 0 saturated carbocycles. The van der Waals surface area contributed by atoms with Crippen molar-refractivity contribution < 1.29 is 9.53 Å². The molecule has 1 amide bonds. The quantitative estimate of drug-likeness (QED) is 0.555.